The lowest BCUT2D eigenvalue weighted by atomic mass is 10.1. The predicted molar refractivity (Wildman–Crippen MR) is 221 cm³/mol. The highest BCUT2D eigenvalue weighted by Gasteiger charge is 2.43. The molecule has 0 heterocycles. The van der Waals surface area contributed by atoms with Crippen molar-refractivity contribution in [3.63, 3.8) is 0 Å². The second kappa shape index (κ2) is 15.7. The van der Waals surface area contributed by atoms with Gasteiger partial charge in [-0.05, 0) is 82.8 Å². The zero-order chi connectivity index (χ0) is 32.5. The molecule has 0 saturated heterocycles. The van der Waals surface area contributed by atoms with E-state index in [-0.39, 0.29) is 15.8 Å². The molecule has 0 amide bonds. The quantitative estimate of drug-likeness (QED) is 0.117. The van der Waals surface area contributed by atoms with Crippen molar-refractivity contribution in [3.05, 3.63) is 0 Å². The lowest BCUT2D eigenvalue weighted by molar-refractivity contribution is 0.582. The minimum Gasteiger partial charge on any atom is -0.106 e. The van der Waals surface area contributed by atoms with Crippen LogP contribution in [0.15, 0.2) is 0 Å². The Morgan fingerprint density at radius 2 is 0.545 bits per heavy atom. The van der Waals surface area contributed by atoms with Crippen molar-refractivity contribution in [1.29, 1.82) is 0 Å². The van der Waals surface area contributed by atoms with Crippen LogP contribution in [0.25, 0.3) is 0 Å². The lowest BCUT2D eigenvalue weighted by Crippen LogP contribution is -2.34. The molecule has 6 heteroatoms. The minimum atomic E-state index is -1.06. The van der Waals surface area contributed by atoms with E-state index < -0.39 is 32.3 Å². The third-order valence-corrected chi connectivity index (χ3v) is 31.7. The molecule has 0 aromatic rings. The normalized spacial score (nSPS) is 35.5. The average molecular weight is 711 g/mol. The van der Waals surface area contributed by atoms with Gasteiger partial charge in [-0.2, -0.15) is 0 Å². The zero-order valence-electron chi connectivity index (χ0n) is 32.2. The first-order valence-corrected chi connectivity index (χ1v) is 37.9. The Balaban J connectivity index is 1.53. The summed E-state index contributed by atoms with van der Waals surface area (Å²) < 4.78 is 0. The zero-order valence-corrected chi connectivity index (χ0v) is 38.0. The maximum atomic E-state index is 2.71. The second-order valence-electron chi connectivity index (χ2n) is 21.2. The Morgan fingerprint density at radius 1 is 0.341 bits per heavy atom. The number of rotatable bonds is 15. The maximum absolute atomic E-state index is 2.71. The van der Waals surface area contributed by atoms with Crippen LogP contribution in [0.5, 0.6) is 0 Å². The molecule has 0 nitrogen and oxygen atoms in total. The lowest BCUT2D eigenvalue weighted by Gasteiger charge is -2.38. The molecule has 0 radical (unpaired) electrons. The number of hydrogen-bond acceptors (Lipinski definition) is 0. The smallest absolute Gasteiger partial charge is 0.0476 e. The van der Waals surface area contributed by atoms with Crippen molar-refractivity contribution >= 4 is 48.1 Å². The van der Waals surface area contributed by atoms with E-state index in [1.165, 1.54) is 0 Å². The molecule has 4 aliphatic rings. The van der Waals surface area contributed by atoms with Crippen LogP contribution in [0, 0.1) is 23.7 Å². The summed E-state index contributed by atoms with van der Waals surface area (Å²) in [6, 6.07) is 0. The fourth-order valence-corrected chi connectivity index (χ4v) is 31.3. The molecule has 0 spiro atoms. The molecular weight excluding hydrogens is 631 g/mol. The molecule has 4 fully saturated rings. The topological polar surface area (TPSA) is 0 Å². The van der Waals surface area contributed by atoms with E-state index in [0.717, 1.165) is 45.8 Å². The van der Waals surface area contributed by atoms with Crippen LogP contribution >= 0.6 is 15.8 Å². The van der Waals surface area contributed by atoms with E-state index in [1.807, 2.05) is 0 Å². The van der Waals surface area contributed by atoms with Gasteiger partial charge in [-0.3, -0.25) is 0 Å². The Bertz CT molecular complexity index is 741. The Morgan fingerprint density at radius 3 is 0.727 bits per heavy atom. The van der Waals surface area contributed by atoms with Crippen LogP contribution in [0.2, 0.25) is 101 Å². The molecule has 258 valence electrons. The van der Waals surface area contributed by atoms with Gasteiger partial charge in [0.1, 0.15) is 0 Å². The van der Waals surface area contributed by atoms with Gasteiger partial charge in [0.05, 0.1) is 0 Å². The first-order chi connectivity index (χ1) is 20.3. The standard InChI is InChI=1S/C38H80P2Si4/c1-41(2,3)35-21-13-17-31(35)27-39(28-32-18-14-22-36(32)42(4,5)6)25-26-40(29-33-19-15-23-37(33)43(7,8)9)30-34-20-16-24-38(34)44(10,11)12/h31-38H,13-30H2,1-12H3/t31-,32+,33?,34?,35?,36?,37?,38?,39?,40?. The van der Waals surface area contributed by atoms with Gasteiger partial charge < -0.3 is 0 Å². The van der Waals surface area contributed by atoms with Gasteiger partial charge in [0, 0.05) is 32.3 Å². The molecule has 4 rings (SSSR count). The maximum Gasteiger partial charge on any atom is 0.0476 e. The first kappa shape index (κ1) is 38.5. The molecule has 0 aromatic carbocycles. The van der Waals surface area contributed by atoms with Gasteiger partial charge >= 0.3 is 0 Å². The molecule has 0 N–H and O–H groups in total. The largest absolute Gasteiger partial charge is 0.106 e. The molecule has 44 heavy (non-hydrogen) atoms. The molecule has 0 bridgehead atoms. The van der Waals surface area contributed by atoms with Crippen molar-refractivity contribution in [1.82, 2.24) is 0 Å². The average Bonchev–Trinajstić information content (AvgIpc) is 3.67. The van der Waals surface area contributed by atoms with E-state index in [4.69, 9.17) is 0 Å². The van der Waals surface area contributed by atoms with Gasteiger partial charge in [0.25, 0.3) is 0 Å². The molecule has 4 saturated carbocycles. The van der Waals surface area contributed by atoms with E-state index in [1.54, 1.807) is 114 Å². The molecular formula is C38H80P2Si4. The van der Waals surface area contributed by atoms with Crippen molar-refractivity contribution in [2.75, 3.05) is 37.0 Å². The van der Waals surface area contributed by atoms with Crippen molar-refractivity contribution in [2.45, 2.75) is 178 Å². The minimum absolute atomic E-state index is 0.212. The van der Waals surface area contributed by atoms with Gasteiger partial charge in [-0.1, -0.05) is 156 Å². The summed E-state index contributed by atoms with van der Waals surface area (Å²) in [5.41, 5.74) is 4.49. The summed E-state index contributed by atoms with van der Waals surface area (Å²) in [6.45, 7) is 32.5. The third kappa shape index (κ3) is 10.6. The summed E-state index contributed by atoms with van der Waals surface area (Å²) in [4.78, 5) is 0. The Labute approximate surface area is 285 Å². The summed E-state index contributed by atoms with van der Waals surface area (Å²) >= 11 is 0. The van der Waals surface area contributed by atoms with E-state index in [2.05, 4.69) is 78.6 Å². The van der Waals surface area contributed by atoms with E-state index >= 15 is 0 Å². The van der Waals surface area contributed by atoms with Gasteiger partial charge in [0.2, 0.25) is 0 Å². The van der Waals surface area contributed by atoms with Crippen molar-refractivity contribution in [3.8, 4) is 0 Å². The fourth-order valence-electron chi connectivity index (χ4n) is 11.7. The summed E-state index contributed by atoms with van der Waals surface area (Å²) in [5, 5.41) is 0. The van der Waals surface area contributed by atoms with Gasteiger partial charge in [-0.15, -0.1) is 15.8 Å². The van der Waals surface area contributed by atoms with E-state index in [9.17, 15) is 0 Å². The van der Waals surface area contributed by atoms with Crippen LogP contribution in [-0.2, 0) is 0 Å². The van der Waals surface area contributed by atoms with Crippen molar-refractivity contribution < 1.29 is 0 Å². The summed E-state index contributed by atoms with van der Waals surface area (Å²) in [5.74, 6) is 4.40. The van der Waals surface area contributed by atoms with Gasteiger partial charge in [0.15, 0.2) is 0 Å². The summed E-state index contributed by atoms with van der Waals surface area (Å²) in [6.07, 6.45) is 29.0. The SMILES string of the molecule is C[Si](C)(C)C1CCCC1CP(CCP(C[C@H]1CCCC1[Si](C)(C)C)C[C@@H]1CCCC1[Si](C)(C)C)CC1CCCC1[Si](C)(C)C. The molecule has 0 aliphatic heterocycles. The summed E-state index contributed by atoms with van der Waals surface area (Å²) in [7, 11) is -3.81. The molecule has 7 unspecified atom stereocenters. The van der Waals surface area contributed by atoms with Gasteiger partial charge in [-0.25, -0.2) is 0 Å². The van der Waals surface area contributed by atoms with Crippen molar-refractivity contribution in [2.24, 2.45) is 23.7 Å². The molecule has 4 aliphatic carbocycles. The van der Waals surface area contributed by atoms with E-state index in [0.29, 0.717) is 0 Å². The molecule has 9 atom stereocenters. The van der Waals surface area contributed by atoms with Crippen LogP contribution in [0.3, 0.4) is 0 Å². The predicted octanol–water partition coefficient (Wildman–Crippen LogP) is 14.0. The molecule has 0 aromatic heterocycles. The monoisotopic (exact) mass is 710 g/mol. The Hall–Kier alpha value is 1.73. The number of hydrogen-bond donors (Lipinski definition) is 0. The fraction of sp³-hybridized carbons (Fsp3) is 1.00. The Kier molecular flexibility index (Phi) is 13.8. The van der Waals surface area contributed by atoms with Crippen LogP contribution in [-0.4, -0.2) is 69.3 Å². The first-order valence-electron chi connectivity index (χ1n) is 19.8. The highest BCUT2D eigenvalue weighted by Crippen LogP contribution is 2.59. The van der Waals surface area contributed by atoms with Crippen LogP contribution in [0.1, 0.15) is 77.0 Å². The van der Waals surface area contributed by atoms with Crippen LogP contribution in [0.4, 0.5) is 0 Å². The van der Waals surface area contributed by atoms with Crippen LogP contribution < -0.4 is 0 Å². The second-order valence-corrected chi connectivity index (χ2v) is 48.1. The highest BCUT2D eigenvalue weighted by molar-refractivity contribution is 7.61. The third-order valence-electron chi connectivity index (χ3n) is 13.8. The highest BCUT2D eigenvalue weighted by atomic mass is 31.1.